The molecular formula is C30H39N5O2S. The van der Waals surface area contributed by atoms with Gasteiger partial charge in [-0.05, 0) is 51.3 Å². The third kappa shape index (κ3) is 6.84. The first kappa shape index (κ1) is 27.9. The Balaban J connectivity index is 1.36. The first-order valence-electron chi connectivity index (χ1n) is 13.7. The molecule has 8 heteroatoms. The van der Waals surface area contributed by atoms with Crippen LogP contribution >= 0.6 is 11.8 Å². The van der Waals surface area contributed by atoms with Crippen LogP contribution in [-0.4, -0.2) is 67.8 Å². The van der Waals surface area contributed by atoms with Gasteiger partial charge >= 0.3 is 0 Å². The van der Waals surface area contributed by atoms with Crippen molar-refractivity contribution in [3.8, 4) is 17.1 Å². The molecule has 1 aliphatic rings. The fraction of sp³-hybridized carbons (Fsp3) is 0.467. The number of aryl methyl sites for hydroxylation is 2. The zero-order valence-corrected chi connectivity index (χ0v) is 23.8. The summed E-state index contributed by atoms with van der Waals surface area (Å²) < 4.78 is 2.11. The maximum absolute atomic E-state index is 12.9. The second-order valence-electron chi connectivity index (χ2n) is 10.2. The standard InChI is InChI=1S/C30H39N5O2S/c1-5-6-11-28(37)34-18-17-33(21-24(34)4)27(36)12-8-19-38-30-32-31-29(25-15-13-22(2)14-16-25)35(30)26-10-7-9-23(3)20-26/h7,9-10,13-16,20,24H,5-6,8,11-12,17-19,21H2,1-4H3. The highest BCUT2D eigenvalue weighted by atomic mass is 32.2. The van der Waals surface area contributed by atoms with Crippen LogP contribution in [0.3, 0.4) is 0 Å². The third-order valence-corrected chi connectivity index (χ3v) is 8.03. The summed E-state index contributed by atoms with van der Waals surface area (Å²) >= 11 is 1.63. The quantitative estimate of drug-likeness (QED) is 0.248. The van der Waals surface area contributed by atoms with E-state index < -0.39 is 0 Å². The molecule has 202 valence electrons. The van der Waals surface area contributed by atoms with Crippen molar-refractivity contribution in [1.29, 1.82) is 0 Å². The summed E-state index contributed by atoms with van der Waals surface area (Å²) in [5.74, 6) is 1.97. The number of rotatable bonds is 10. The van der Waals surface area contributed by atoms with Crippen LogP contribution in [0, 0.1) is 13.8 Å². The summed E-state index contributed by atoms with van der Waals surface area (Å²) in [6.07, 6.45) is 3.80. The first-order valence-corrected chi connectivity index (χ1v) is 14.7. The molecular weight excluding hydrogens is 494 g/mol. The van der Waals surface area contributed by atoms with Gasteiger partial charge in [0.15, 0.2) is 11.0 Å². The van der Waals surface area contributed by atoms with Crippen LogP contribution in [0.5, 0.6) is 0 Å². The van der Waals surface area contributed by atoms with E-state index >= 15 is 0 Å². The Morgan fingerprint density at radius 3 is 2.42 bits per heavy atom. The van der Waals surface area contributed by atoms with E-state index in [9.17, 15) is 9.59 Å². The number of piperazine rings is 1. The van der Waals surface area contributed by atoms with E-state index in [4.69, 9.17) is 0 Å². The molecule has 7 nitrogen and oxygen atoms in total. The van der Waals surface area contributed by atoms with Crippen molar-refractivity contribution < 1.29 is 9.59 Å². The fourth-order valence-electron chi connectivity index (χ4n) is 4.82. The lowest BCUT2D eigenvalue weighted by Crippen LogP contribution is -2.55. The van der Waals surface area contributed by atoms with Crippen LogP contribution in [0.2, 0.25) is 0 Å². The van der Waals surface area contributed by atoms with E-state index in [2.05, 4.69) is 84.1 Å². The molecule has 4 rings (SSSR count). The van der Waals surface area contributed by atoms with E-state index in [1.165, 1.54) is 11.1 Å². The summed E-state index contributed by atoms with van der Waals surface area (Å²) in [6, 6.07) is 16.8. The summed E-state index contributed by atoms with van der Waals surface area (Å²) in [5.41, 5.74) is 4.43. The Bertz CT molecular complexity index is 1240. The highest BCUT2D eigenvalue weighted by Crippen LogP contribution is 2.29. The van der Waals surface area contributed by atoms with Gasteiger partial charge in [0.2, 0.25) is 11.8 Å². The molecule has 0 N–H and O–H groups in total. The summed E-state index contributed by atoms with van der Waals surface area (Å²) in [5, 5.41) is 9.89. The lowest BCUT2D eigenvalue weighted by Gasteiger charge is -2.40. The maximum atomic E-state index is 12.9. The van der Waals surface area contributed by atoms with Crippen LogP contribution < -0.4 is 0 Å². The molecule has 0 spiro atoms. The van der Waals surface area contributed by atoms with Gasteiger partial charge in [0.25, 0.3) is 0 Å². The fourth-order valence-corrected chi connectivity index (χ4v) is 5.71. The van der Waals surface area contributed by atoms with Crippen molar-refractivity contribution in [3.05, 3.63) is 59.7 Å². The van der Waals surface area contributed by atoms with Gasteiger partial charge in [0, 0.05) is 55.5 Å². The van der Waals surface area contributed by atoms with Crippen molar-refractivity contribution in [1.82, 2.24) is 24.6 Å². The average Bonchev–Trinajstić information content (AvgIpc) is 3.33. The zero-order valence-electron chi connectivity index (χ0n) is 23.0. The predicted molar refractivity (Wildman–Crippen MR) is 154 cm³/mol. The molecule has 1 aromatic heterocycles. The van der Waals surface area contributed by atoms with Gasteiger partial charge in [-0.2, -0.15) is 0 Å². The normalized spacial score (nSPS) is 15.6. The van der Waals surface area contributed by atoms with Crippen LogP contribution in [0.25, 0.3) is 17.1 Å². The largest absolute Gasteiger partial charge is 0.339 e. The molecule has 0 bridgehead atoms. The molecule has 1 atom stereocenters. The number of hydrogen-bond donors (Lipinski definition) is 0. The van der Waals surface area contributed by atoms with Crippen LogP contribution in [0.4, 0.5) is 0 Å². The number of carbonyl (C=O) groups excluding carboxylic acids is 2. The third-order valence-electron chi connectivity index (χ3n) is 7.01. The molecule has 38 heavy (non-hydrogen) atoms. The smallest absolute Gasteiger partial charge is 0.222 e. The summed E-state index contributed by atoms with van der Waals surface area (Å²) in [7, 11) is 0. The number of unbranched alkanes of at least 4 members (excludes halogenated alkanes) is 1. The van der Waals surface area contributed by atoms with Crippen molar-refractivity contribution in [2.45, 2.75) is 71.0 Å². The molecule has 2 heterocycles. The Hall–Kier alpha value is -3.13. The molecule has 1 fully saturated rings. The molecule has 1 saturated heterocycles. The lowest BCUT2D eigenvalue weighted by molar-refractivity contribution is -0.142. The van der Waals surface area contributed by atoms with E-state index in [-0.39, 0.29) is 17.9 Å². The number of hydrogen-bond acceptors (Lipinski definition) is 5. The first-order chi connectivity index (χ1) is 18.4. The molecule has 0 saturated carbocycles. The van der Waals surface area contributed by atoms with E-state index in [1.807, 2.05) is 16.7 Å². The van der Waals surface area contributed by atoms with Crippen LogP contribution in [0.15, 0.2) is 53.7 Å². The van der Waals surface area contributed by atoms with Gasteiger partial charge in [0.1, 0.15) is 0 Å². The second kappa shape index (κ2) is 13.1. The minimum Gasteiger partial charge on any atom is -0.339 e. The number of thioether (sulfide) groups is 1. The second-order valence-corrected chi connectivity index (χ2v) is 11.2. The lowest BCUT2D eigenvalue weighted by atomic mass is 10.1. The number of nitrogens with zero attached hydrogens (tertiary/aromatic N) is 5. The van der Waals surface area contributed by atoms with E-state index in [1.54, 1.807) is 11.8 Å². The highest BCUT2D eigenvalue weighted by molar-refractivity contribution is 7.99. The number of carbonyl (C=O) groups is 2. The number of aromatic nitrogens is 3. The minimum absolute atomic E-state index is 0.0690. The van der Waals surface area contributed by atoms with Crippen molar-refractivity contribution in [2.24, 2.45) is 0 Å². The molecule has 3 aromatic rings. The Labute approximate surface area is 230 Å². The predicted octanol–water partition coefficient (Wildman–Crippen LogP) is 5.67. The molecule has 2 aromatic carbocycles. The van der Waals surface area contributed by atoms with Crippen LogP contribution in [-0.2, 0) is 9.59 Å². The van der Waals surface area contributed by atoms with Gasteiger partial charge in [-0.1, -0.05) is 67.1 Å². The van der Waals surface area contributed by atoms with Gasteiger partial charge in [0.05, 0.1) is 0 Å². The molecule has 1 aliphatic heterocycles. The van der Waals surface area contributed by atoms with Crippen molar-refractivity contribution in [3.63, 3.8) is 0 Å². The van der Waals surface area contributed by atoms with E-state index in [0.717, 1.165) is 47.2 Å². The van der Waals surface area contributed by atoms with Crippen molar-refractivity contribution in [2.75, 3.05) is 25.4 Å². The van der Waals surface area contributed by atoms with Crippen molar-refractivity contribution >= 4 is 23.6 Å². The molecule has 0 radical (unpaired) electrons. The Morgan fingerprint density at radius 2 is 1.71 bits per heavy atom. The Kier molecular flexibility index (Phi) is 9.61. The van der Waals surface area contributed by atoms with Gasteiger partial charge in [-0.15, -0.1) is 10.2 Å². The van der Waals surface area contributed by atoms with Gasteiger partial charge in [-0.3, -0.25) is 14.2 Å². The minimum atomic E-state index is 0.0690. The van der Waals surface area contributed by atoms with Gasteiger partial charge < -0.3 is 9.80 Å². The Morgan fingerprint density at radius 1 is 0.947 bits per heavy atom. The SMILES string of the molecule is CCCCC(=O)N1CCN(C(=O)CCCSc2nnc(-c3ccc(C)cc3)n2-c2cccc(C)c2)CC1C. The van der Waals surface area contributed by atoms with E-state index in [0.29, 0.717) is 32.5 Å². The molecule has 2 amide bonds. The average molecular weight is 534 g/mol. The topological polar surface area (TPSA) is 71.3 Å². The number of benzene rings is 2. The zero-order chi connectivity index (χ0) is 27.1. The highest BCUT2D eigenvalue weighted by Gasteiger charge is 2.29. The van der Waals surface area contributed by atoms with Gasteiger partial charge in [-0.25, -0.2) is 0 Å². The van der Waals surface area contributed by atoms with Crippen LogP contribution in [0.1, 0.15) is 57.1 Å². The maximum Gasteiger partial charge on any atom is 0.222 e. The summed E-state index contributed by atoms with van der Waals surface area (Å²) in [6.45, 7) is 10.2. The monoisotopic (exact) mass is 533 g/mol. The summed E-state index contributed by atoms with van der Waals surface area (Å²) in [4.78, 5) is 29.2. The number of amides is 2. The molecule has 0 aliphatic carbocycles. The molecule has 1 unspecified atom stereocenters.